The molecule has 96 valence electrons. The van der Waals surface area contributed by atoms with Crippen LogP contribution in [0.15, 0.2) is 0 Å². The van der Waals surface area contributed by atoms with Crippen molar-refractivity contribution in [3.63, 3.8) is 0 Å². The molecular formula is C10H25NNa2O3S. The first-order valence-corrected chi connectivity index (χ1v) is 7.33. The van der Waals surface area contributed by atoms with E-state index in [1.54, 1.807) is 0 Å². The fraction of sp³-hybridized carbons (Fsp3) is 1.00. The van der Waals surface area contributed by atoms with Crippen molar-refractivity contribution in [2.75, 3.05) is 18.8 Å². The fourth-order valence-corrected chi connectivity index (χ4v) is 1.76. The molecule has 0 rings (SSSR count). The van der Waals surface area contributed by atoms with Gasteiger partial charge in [-0.25, -0.2) is 0 Å². The van der Waals surface area contributed by atoms with Crippen LogP contribution in [0.3, 0.4) is 0 Å². The Morgan fingerprint density at radius 1 is 0.941 bits per heavy atom. The Hall–Kier alpha value is 1.87. The van der Waals surface area contributed by atoms with Gasteiger partial charge in [0.05, 0.1) is 5.75 Å². The van der Waals surface area contributed by atoms with Gasteiger partial charge < -0.3 is 5.32 Å². The van der Waals surface area contributed by atoms with Gasteiger partial charge in [-0.2, -0.15) is 8.42 Å². The van der Waals surface area contributed by atoms with E-state index >= 15 is 0 Å². The van der Waals surface area contributed by atoms with Crippen molar-refractivity contribution in [2.24, 2.45) is 0 Å². The second-order valence-corrected chi connectivity index (χ2v) is 5.38. The Labute approximate surface area is 150 Å². The summed E-state index contributed by atoms with van der Waals surface area (Å²) < 4.78 is 29.2. The number of rotatable bonds is 10. The monoisotopic (exact) mass is 285 g/mol. The summed E-state index contributed by atoms with van der Waals surface area (Å²) in [5, 5.41) is 2.99. The van der Waals surface area contributed by atoms with E-state index in [4.69, 9.17) is 4.55 Å². The molecule has 2 N–H and O–H groups in total. The fourth-order valence-electron chi connectivity index (χ4n) is 1.36. The van der Waals surface area contributed by atoms with Crippen LogP contribution >= 0.6 is 0 Å². The molecule has 0 amide bonds. The predicted octanol–water partition coefficient (Wildman–Crippen LogP) is 0.527. The van der Waals surface area contributed by atoms with Crippen molar-refractivity contribution in [2.45, 2.75) is 45.4 Å². The zero-order chi connectivity index (χ0) is 11.6. The Morgan fingerprint density at radius 3 is 2.00 bits per heavy atom. The number of hydrogen-bond donors (Lipinski definition) is 2. The first-order chi connectivity index (χ1) is 7.06. The summed E-state index contributed by atoms with van der Waals surface area (Å²) in [6.07, 6.45) is 7.38. The average molecular weight is 285 g/mol. The average Bonchev–Trinajstić information content (AvgIpc) is 2.14. The Balaban J connectivity index is -0.000000980. The van der Waals surface area contributed by atoms with Crippen molar-refractivity contribution in [1.82, 2.24) is 5.32 Å². The SMILES string of the molecule is CCCCCCCCNCCS(=O)(=O)O.[NaH].[NaH]. The molecule has 0 atom stereocenters. The molecule has 0 aromatic heterocycles. The summed E-state index contributed by atoms with van der Waals surface area (Å²) in [5.41, 5.74) is 0. The minimum absolute atomic E-state index is 0. The third kappa shape index (κ3) is 23.4. The summed E-state index contributed by atoms with van der Waals surface area (Å²) in [6.45, 7) is 3.37. The van der Waals surface area contributed by atoms with E-state index in [1.165, 1.54) is 32.1 Å². The van der Waals surface area contributed by atoms with E-state index in [0.29, 0.717) is 6.54 Å². The molecule has 0 aromatic rings. The van der Waals surface area contributed by atoms with Crippen LogP contribution in [0, 0.1) is 0 Å². The standard InChI is InChI=1S/C10H23NO3S.2Na.2H/c1-2-3-4-5-6-7-8-11-9-10-15(12,13)14;;;;/h11H,2-10H2,1H3,(H,12,13,14);;;;. The Morgan fingerprint density at radius 2 is 1.47 bits per heavy atom. The van der Waals surface area contributed by atoms with Gasteiger partial charge in [0.15, 0.2) is 0 Å². The molecule has 7 heteroatoms. The summed E-state index contributed by atoms with van der Waals surface area (Å²) in [5.74, 6) is -0.192. The maximum atomic E-state index is 10.4. The summed E-state index contributed by atoms with van der Waals surface area (Å²) in [6, 6.07) is 0. The Kier molecular flexibility index (Phi) is 22.4. The molecule has 0 aliphatic carbocycles. The predicted molar refractivity (Wildman–Crippen MR) is 77.0 cm³/mol. The summed E-state index contributed by atoms with van der Waals surface area (Å²) in [4.78, 5) is 0. The van der Waals surface area contributed by atoms with Crippen LogP contribution in [0.4, 0.5) is 0 Å². The van der Waals surface area contributed by atoms with Crippen LogP contribution in [0.25, 0.3) is 0 Å². The van der Waals surface area contributed by atoms with Crippen LogP contribution in [0.2, 0.25) is 0 Å². The number of unbranched alkanes of at least 4 members (excludes halogenated alkanes) is 5. The van der Waals surface area contributed by atoms with E-state index in [2.05, 4.69) is 12.2 Å². The van der Waals surface area contributed by atoms with Gasteiger partial charge in [0.25, 0.3) is 10.1 Å². The van der Waals surface area contributed by atoms with Crippen molar-refractivity contribution in [1.29, 1.82) is 0 Å². The van der Waals surface area contributed by atoms with Crippen molar-refractivity contribution in [3.8, 4) is 0 Å². The van der Waals surface area contributed by atoms with Gasteiger partial charge in [0.1, 0.15) is 0 Å². The van der Waals surface area contributed by atoms with Crippen molar-refractivity contribution in [3.05, 3.63) is 0 Å². The third-order valence-electron chi connectivity index (χ3n) is 2.24. The molecule has 0 aromatic carbocycles. The summed E-state index contributed by atoms with van der Waals surface area (Å²) in [7, 11) is -3.79. The maximum absolute atomic E-state index is 10.4. The van der Waals surface area contributed by atoms with Crippen LogP contribution in [-0.4, -0.2) is 90.9 Å². The molecule has 17 heavy (non-hydrogen) atoms. The van der Waals surface area contributed by atoms with Gasteiger partial charge in [-0.1, -0.05) is 39.0 Å². The topological polar surface area (TPSA) is 66.4 Å². The van der Waals surface area contributed by atoms with Gasteiger partial charge in [0.2, 0.25) is 0 Å². The van der Waals surface area contributed by atoms with Gasteiger partial charge >= 0.3 is 59.1 Å². The van der Waals surface area contributed by atoms with Crippen LogP contribution in [0.5, 0.6) is 0 Å². The molecule has 0 fully saturated rings. The van der Waals surface area contributed by atoms with Gasteiger partial charge in [-0.05, 0) is 13.0 Å². The normalized spacial score (nSPS) is 10.5. The summed E-state index contributed by atoms with van der Waals surface area (Å²) >= 11 is 0. The first kappa shape index (κ1) is 23.9. The van der Waals surface area contributed by atoms with E-state index in [-0.39, 0.29) is 64.9 Å². The molecule has 4 nitrogen and oxygen atoms in total. The van der Waals surface area contributed by atoms with Gasteiger partial charge in [-0.3, -0.25) is 4.55 Å². The molecule has 0 heterocycles. The zero-order valence-corrected chi connectivity index (χ0v) is 10.4. The molecule has 0 saturated heterocycles. The van der Waals surface area contributed by atoms with Gasteiger partial charge in [-0.15, -0.1) is 0 Å². The molecule has 0 bridgehead atoms. The third-order valence-corrected chi connectivity index (χ3v) is 2.96. The second-order valence-electron chi connectivity index (χ2n) is 3.80. The zero-order valence-electron chi connectivity index (χ0n) is 9.54. The van der Waals surface area contributed by atoms with Crippen LogP contribution in [-0.2, 0) is 10.1 Å². The number of nitrogens with one attached hydrogen (secondary N) is 1. The minimum atomic E-state index is -3.79. The van der Waals surface area contributed by atoms with E-state index < -0.39 is 10.1 Å². The van der Waals surface area contributed by atoms with Crippen molar-refractivity contribution < 1.29 is 13.0 Å². The number of hydrogen-bond acceptors (Lipinski definition) is 3. The van der Waals surface area contributed by atoms with Crippen molar-refractivity contribution >= 4 is 69.2 Å². The van der Waals surface area contributed by atoms with E-state index in [9.17, 15) is 8.42 Å². The molecule has 0 spiro atoms. The molecular weight excluding hydrogens is 260 g/mol. The molecule has 0 aliphatic heterocycles. The van der Waals surface area contributed by atoms with Crippen LogP contribution in [0.1, 0.15) is 45.4 Å². The molecule has 0 radical (unpaired) electrons. The first-order valence-electron chi connectivity index (χ1n) is 5.72. The van der Waals surface area contributed by atoms with Crippen LogP contribution < -0.4 is 5.32 Å². The molecule has 0 aliphatic rings. The quantitative estimate of drug-likeness (QED) is 0.349. The second kappa shape index (κ2) is 15.9. The van der Waals surface area contributed by atoms with E-state index in [0.717, 1.165) is 13.0 Å². The molecule has 0 unspecified atom stereocenters. The van der Waals surface area contributed by atoms with Gasteiger partial charge in [0, 0.05) is 6.54 Å². The Bertz CT molecular complexity index is 236. The molecule has 0 saturated carbocycles. The van der Waals surface area contributed by atoms with E-state index in [1.807, 2.05) is 0 Å².